The van der Waals surface area contributed by atoms with E-state index in [9.17, 15) is 4.79 Å². The average Bonchev–Trinajstić information content (AvgIpc) is 3.26. The highest BCUT2D eigenvalue weighted by Crippen LogP contribution is 2.71. The number of carbonyl (C=O) groups is 1. The van der Waals surface area contributed by atoms with Crippen molar-refractivity contribution >= 4 is 5.78 Å². The molecule has 0 N–H and O–H groups in total. The summed E-state index contributed by atoms with van der Waals surface area (Å²) in [7, 11) is 0. The molecule has 0 aromatic heterocycles. The zero-order valence-corrected chi connectivity index (χ0v) is 17.3. The number of fused-ring (bicyclic) bond motifs is 9. The molecule has 0 amide bonds. The normalized spacial score (nSPS) is 45.8. The number of ketones is 1. The van der Waals surface area contributed by atoms with E-state index in [2.05, 4.69) is 34.6 Å². The van der Waals surface area contributed by atoms with Crippen LogP contribution in [0.5, 0.6) is 0 Å². The summed E-state index contributed by atoms with van der Waals surface area (Å²) in [5.74, 6) is 8.68. The van der Waals surface area contributed by atoms with Crippen LogP contribution in [0.2, 0.25) is 0 Å². The molecule has 0 spiro atoms. The molecule has 0 aliphatic heterocycles. The molecule has 9 unspecified atom stereocenters. The monoisotopic (exact) mass is 344 g/mol. The van der Waals surface area contributed by atoms with Gasteiger partial charge in [-0.2, -0.15) is 0 Å². The second-order valence-electron chi connectivity index (χ2n) is 11.4. The molecule has 4 aliphatic carbocycles. The molecule has 0 aromatic carbocycles. The second kappa shape index (κ2) is 6.38. The van der Waals surface area contributed by atoms with Gasteiger partial charge in [0.2, 0.25) is 0 Å². The minimum absolute atomic E-state index is 0.159. The molecule has 4 aliphatic rings. The fourth-order valence-corrected chi connectivity index (χ4v) is 8.31. The molecule has 1 heteroatoms. The first-order valence-electron chi connectivity index (χ1n) is 11.4. The zero-order chi connectivity index (χ0) is 17.9. The van der Waals surface area contributed by atoms with Gasteiger partial charge in [0.15, 0.2) is 0 Å². The first-order valence-corrected chi connectivity index (χ1v) is 11.4. The molecule has 4 bridgehead atoms. The number of hydrogen-bond acceptors (Lipinski definition) is 1. The van der Waals surface area contributed by atoms with E-state index in [1.807, 2.05) is 0 Å². The van der Waals surface area contributed by atoms with Crippen molar-refractivity contribution in [1.29, 1.82) is 0 Å². The molecule has 0 radical (unpaired) electrons. The van der Waals surface area contributed by atoms with Crippen LogP contribution in [-0.2, 0) is 4.79 Å². The van der Waals surface area contributed by atoms with Crippen LogP contribution in [-0.4, -0.2) is 5.78 Å². The highest BCUT2D eigenvalue weighted by molar-refractivity contribution is 5.82. The summed E-state index contributed by atoms with van der Waals surface area (Å²) >= 11 is 0. The van der Waals surface area contributed by atoms with Gasteiger partial charge >= 0.3 is 0 Å². The van der Waals surface area contributed by atoms with Gasteiger partial charge in [0.05, 0.1) is 0 Å². The Morgan fingerprint density at radius 1 is 0.960 bits per heavy atom. The van der Waals surface area contributed by atoms with E-state index in [0.717, 1.165) is 53.8 Å². The number of carbonyl (C=O) groups excluding carboxylic acids is 1. The molecule has 0 saturated heterocycles. The summed E-state index contributed by atoms with van der Waals surface area (Å²) in [5.41, 5.74) is 0.159. The summed E-state index contributed by atoms with van der Waals surface area (Å²) in [4.78, 5) is 12.9. The van der Waals surface area contributed by atoms with Gasteiger partial charge < -0.3 is 0 Å². The maximum atomic E-state index is 12.9. The van der Waals surface area contributed by atoms with Crippen molar-refractivity contribution in [2.75, 3.05) is 0 Å². The Kier molecular flexibility index (Phi) is 4.61. The minimum Gasteiger partial charge on any atom is -0.299 e. The molecule has 4 saturated carbocycles. The SMILES string of the molecule is CCCC(CC)C1CC2CC1C1C3CC(C(=O)CC(C)(C)C)C(C3)C21. The van der Waals surface area contributed by atoms with E-state index >= 15 is 0 Å². The fourth-order valence-electron chi connectivity index (χ4n) is 8.31. The quantitative estimate of drug-likeness (QED) is 0.512. The Balaban J connectivity index is 1.46. The fraction of sp³-hybridized carbons (Fsp3) is 0.958. The molecule has 1 nitrogen and oxygen atoms in total. The topological polar surface area (TPSA) is 17.1 Å². The van der Waals surface area contributed by atoms with Gasteiger partial charge in [-0.15, -0.1) is 0 Å². The van der Waals surface area contributed by atoms with Crippen LogP contribution in [0.25, 0.3) is 0 Å². The molecular formula is C24H40O. The van der Waals surface area contributed by atoms with Crippen LogP contribution in [0.15, 0.2) is 0 Å². The molecule has 4 rings (SSSR count). The van der Waals surface area contributed by atoms with Crippen molar-refractivity contribution in [3.63, 3.8) is 0 Å². The van der Waals surface area contributed by atoms with Crippen LogP contribution in [0.4, 0.5) is 0 Å². The van der Waals surface area contributed by atoms with Crippen molar-refractivity contribution in [1.82, 2.24) is 0 Å². The number of Topliss-reactive ketones (excluding diaryl/α,β-unsaturated/α-hetero) is 1. The lowest BCUT2D eigenvalue weighted by atomic mass is 9.61. The lowest BCUT2D eigenvalue weighted by Crippen LogP contribution is -2.40. The lowest BCUT2D eigenvalue weighted by molar-refractivity contribution is -0.128. The standard InChI is InChI=1S/C24H40O/c1-6-8-14(7-2)17-9-15-11-19(17)22-16-10-18(20(12-16)23(15)22)21(25)13-24(3,4)5/h14-20,22-23H,6-13H2,1-5H3. The molecule has 9 atom stereocenters. The maximum Gasteiger partial charge on any atom is 0.136 e. The first kappa shape index (κ1) is 18.1. The minimum atomic E-state index is 0.159. The van der Waals surface area contributed by atoms with Gasteiger partial charge in [-0.05, 0) is 78.4 Å². The van der Waals surface area contributed by atoms with Crippen molar-refractivity contribution in [3.05, 3.63) is 0 Å². The van der Waals surface area contributed by atoms with Gasteiger partial charge in [-0.3, -0.25) is 4.79 Å². The summed E-state index contributed by atoms with van der Waals surface area (Å²) < 4.78 is 0. The average molecular weight is 345 g/mol. The molecule has 142 valence electrons. The van der Waals surface area contributed by atoms with Gasteiger partial charge in [-0.25, -0.2) is 0 Å². The predicted octanol–water partition coefficient (Wildman–Crippen LogP) is 6.36. The van der Waals surface area contributed by atoms with Crippen LogP contribution in [0.1, 0.15) is 86.0 Å². The number of rotatable bonds is 6. The van der Waals surface area contributed by atoms with E-state index in [0.29, 0.717) is 11.7 Å². The molecule has 25 heavy (non-hydrogen) atoms. The van der Waals surface area contributed by atoms with Crippen molar-refractivity contribution in [2.24, 2.45) is 58.7 Å². The highest BCUT2D eigenvalue weighted by atomic mass is 16.1. The smallest absolute Gasteiger partial charge is 0.136 e. The largest absolute Gasteiger partial charge is 0.299 e. The Morgan fingerprint density at radius 3 is 2.24 bits per heavy atom. The van der Waals surface area contributed by atoms with E-state index in [4.69, 9.17) is 0 Å². The van der Waals surface area contributed by atoms with Crippen LogP contribution >= 0.6 is 0 Å². The third kappa shape index (κ3) is 2.92. The second-order valence-corrected chi connectivity index (χ2v) is 11.4. The van der Waals surface area contributed by atoms with E-state index in [-0.39, 0.29) is 5.41 Å². The maximum absolute atomic E-state index is 12.9. The molecule has 4 fully saturated rings. The summed E-state index contributed by atoms with van der Waals surface area (Å²) in [6.45, 7) is 11.5. The predicted molar refractivity (Wildman–Crippen MR) is 104 cm³/mol. The van der Waals surface area contributed by atoms with Gasteiger partial charge in [-0.1, -0.05) is 53.9 Å². The lowest BCUT2D eigenvalue weighted by Gasteiger charge is -2.43. The first-order chi connectivity index (χ1) is 11.8. The van der Waals surface area contributed by atoms with E-state index in [1.165, 1.54) is 44.9 Å². The Morgan fingerprint density at radius 2 is 1.60 bits per heavy atom. The van der Waals surface area contributed by atoms with E-state index < -0.39 is 0 Å². The molecule has 0 aromatic rings. The van der Waals surface area contributed by atoms with Crippen molar-refractivity contribution in [3.8, 4) is 0 Å². The third-order valence-electron chi connectivity index (χ3n) is 8.78. The number of hydrogen-bond donors (Lipinski definition) is 0. The highest BCUT2D eigenvalue weighted by Gasteiger charge is 2.65. The third-order valence-corrected chi connectivity index (χ3v) is 8.78. The summed E-state index contributed by atoms with van der Waals surface area (Å²) in [6.07, 6.45) is 10.7. The summed E-state index contributed by atoms with van der Waals surface area (Å²) in [6, 6.07) is 0. The van der Waals surface area contributed by atoms with Crippen molar-refractivity contribution < 1.29 is 4.79 Å². The molecular weight excluding hydrogens is 304 g/mol. The Labute approximate surface area is 155 Å². The molecule has 0 heterocycles. The van der Waals surface area contributed by atoms with Crippen LogP contribution < -0.4 is 0 Å². The van der Waals surface area contributed by atoms with Gasteiger partial charge in [0.1, 0.15) is 5.78 Å². The summed E-state index contributed by atoms with van der Waals surface area (Å²) in [5, 5.41) is 0. The van der Waals surface area contributed by atoms with Crippen LogP contribution in [0.3, 0.4) is 0 Å². The Hall–Kier alpha value is -0.330. The van der Waals surface area contributed by atoms with Gasteiger partial charge in [0, 0.05) is 12.3 Å². The van der Waals surface area contributed by atoms with Gasteiger partial charge in [0.25, 0.3) is 0 Å². The Bertz CT molecular complexity index is 515. The zero-order valence-electron chi connectivity index (χ0n) is 17.3. The van der Waals surface area contributed by atoms with Crippen molar-refractivity contribution in [2.45, 2.75) is 86.0 Å². The van der Waals surface area contributed by atoms with E-state index in [1.54, 1.807) is 0 Å². The van der Waals surface area contributed by atoms with Crippen LogP contribution in [0, 0.1) is 58.7 Å².